The number of alkyl halides is 1. The Labute approximate surface area is 113 Å². The summed E-state index contributed by atoms with van der Waals surface area (Å²) in [4.78, 5) is 0. The van der Waals surface area contributed by atoms with Gasteiger partial charge in [-0.15, -0.1) is 11.6 Å². The first-order valence-electron chi connectivity index (χ1n) is 6.49. The summed E-state index contributed by atoms with van der Waals surface area (Å²) in [6, 6.07) is 6.63. The van der Waals surface area contributed by atoms with Crippen molar-refractivity contribution in [1.29, 1.82) is 0 Å². The molecular weight excluding hydrogens is 251 g/mol. The van der Waals surface area contributed by atoms with Crippen LogP contribution < -0.4 is 0 Å². The number of hydrogen-bond donors (Lipinski definition) is 0. The molecule has 1 heterocycles. The Morgan fingerprint density at radius 2 is 2.06 bits per heavy atom. The first kappa shape index (κ1) is 13.8. The average molecular weight is 271 g/mol. The molecule has 1 aliphatic rings. The summed E-state index contributed by atoms with van der Waals surface area (Å²) in [6.45, 7) is 4.25. The molecule has 0 aliphatic carbocycles. The van der Waals surface area contributed by atoms with Gasteiger partial charge in [-0.2, -0.15) is 0 Å². The minimum atomic E-state index is -0.203. The molecule has 100 valence electrons. The van der Waals surface area contributed by atoms with E-state index in [-0.39, 0.29) is 23.4 Å². The first-order valence-corrected chi connectivity index (χ1v) is 7.03. The van der Waals surface area contributed by atoms with Crippen molar-refractivity contribution in [2.24, 2.45) is 0 Å². The van der Waals surface area contributed by atoms with E-state index in [1.165, 1.54) is 12.1 Å². The van der Waals surface area contributed by atoms with E-state index in [4.69, 9.17) is 16.3 Å². The normalized spacial score (nSPS) is 24.1. The van der Waals surface area contributed by atoms with Gasteiger partial charge in [0.15, 0.2) is 0 Å². The number of rotatable bonds is 4. The minimum Gasteiger partial charge on any atom is -0.372 e. The molecule has 0 bridgehead atoms. The van der Waals surface area contributed by atoms with E-state index in [1.54, 1.807) is 0 Å². The fourth-order valence-corrected chi connectivity index (χ4v) is 2.89. The maximum atomic E-state index is 12.9. The number of ether oxygens (including phenoxy) is 1. The van der Waals surface area contributed by atoms with Gasteiger partial charge in [-0.3, -0.25) is 0 Å². The van der Waals surface area contributed by atoms with Crippen LogP contribution in [-0.4, -0.2) is 17.6 Å². The van der Waals surface area contributed by atoms with Gasteiger partial charge in [0.1, 0.15) is 5.82 Å². The van der Waals surface area contributed by atoms with E-state index < -0.39 is 0 Å². The van der Waals surface area contributed by atoms with Crippen molar-refractivity contribution >= 4 is 11.6 Å². The maximum absolute atomic E-state index is 12.9. The zero-order valence-corrected chi connectivity index (χ0v) is 11.7. The Morgan fingerprint density at radius 3 is 2.56 bits per heavy atom. The Kier molecular flexibility index (Phi) is 4.29. The SMILES string of the molecule is CC1(C)CCC(CC(CCl)c2ccc(F)cc2)O1. The van der Waals surface area contributed by atoms with E-state index in [0.29, 0.717) is 5.88 Å². The van der Waals surface area contributed by atoms with Gasteiger partial charge in [-0.25, -0.2) is 4.39 Å². The molecule has 1 aromatic carbocycles. The topological polar surface area (TPSA) is 9.23 Å². The lowest BCUT2D eigenvalue weighted by atomic mass is 9.93. The predicted molar refractivity (Wildman–Crippen MR) is 72.7 cm³/mol. The molecule has 0 aromatic heterocycles. The van der Waals surface area contributed by atoms with Crippen molar-refractivity contribution in [2.45, 2.75) is 50.7 Å². The highest BCUT2D eigenvalue weighted by atomic mass is 35.5. The molecule has 1 fully saturated rings. The first-order chi connectivity index (χ1) is 8.50. The Hall–Kier alpha value is -0.600. The fraction of sp³-hybridized carbons (Fsp3) is 0.600. The zero-order chi connectivity index (χ0) is 13.2. The van der Waals surface area contributed by atoms with Crippen LogP contribution in [0.2, 0.25) is 0 Å². The molecule has 2 atom stereocenters. The zero-order valence-electron chi connectivity index (χ0n) is 11.0. The second-order valence-corrected chi connectivity index (χ2v) is 5.99. The van der Waals surface area contributed by atoms with Gasteiger partial charge in [0.25, 0.3) is 0 Å². The van der Waals surface area contributed by atoms with Crippen LogP contribution in [-0.2, 0) is 4.74 Å². The van der Waals surface area contributed by atoms with Gasteiger partial charge < -0.3 is 4.74 Å². The summed E-state index contributed by atoms with van der Waals surface area (Å²) in [7, 11) is 0. The highest BCUT2D eigenvalue weighted by molar-refractivity contribution is 6.18. The quantitative estimate of drug-likeness (QED) is 0.732. The molecule has 1 saturated heterocycles. The van der Waals surface area contributed by atoms with E-state index in [0.717, 1.165) is 24.8 Å². The van der Waals surface area contributed by atoms with Crippen LogP contribution in [0.15, 0.2) is 24.3 Å². The number of halogens is 2. The highest BCUT2D eigenvalue weighted by Crippen LogP contribution is 2.35. The predicted octanol–water partition coefficient (Wildman–Crippen LogP) is 4.50. The molecule has 18 heavy (non-hydrogen) atoms. The summed E-state index contributed by atoms with van der Waals surface area (Å²) < 4.78 is 18.9. The summed E-state index contributed by atoms with van der Waals surface area (Å²) in [5.74, 6) is 0.586. The van der Waals surface area contributed by atoms with E-state index >= 15 is 0 Å². The fourth-order valence-electron chi connectivity index (χ4n) is 2.58. The molecule has 0 radical (unpaired) electrons. The third-order valence-electron chi connectivity index (χ3n) is 3.63. The second-order valence-electron chi connectivity index (χ2n) is 5.68. The van der Waals surface area contributed by atoms with Crippen molar-refractivity contribution < 1.29 is 9.13 Å². The molecule has 0 amide bonds. The van der Waals surface area contributed by atoms with Crippen LogP contribution in [0.4, 0.5) is 4.39 Å². The van der Waals surface area contributed by atoms with Crippen molar-refractivity contribution in [3.05, 3.63) is 35.6 Å². The van der Waals surface area contributed by atoms with Gasteiger partial charge in [-0.1, -0.05) is 12.1 Å². The molecule has 3 heteroatoms. The number of benzene rings is 1. The third kappa shape index (κ3) is 3.46. The van der Waals surface area contributed by atoms with Crippen LogP contribution in [0.1, 0.15) is 44.6 Å². The highest BCUT2D eigenvalue weighted by Gasteiger charge is 2.33. The van der Waals surface area contributed by atoms with Crippen molar-refractivity contribution in [2.75, 3.05) is 5.88 Å². The second kappa shape index (κ2) is 5.58. The van der Waals surface area contributed by atoms with Gasteiger partial charge in [0.05, 0.1) is 11.7 Å². The molecular formula is C15H20ClFO. The van der Waals surface area contributed by atoms with E-state index in [9.17, 15) is 4.39 Å². The molecule has 2 rings (SSSR count). The lowest BCUT2D eigenvalue weighted by Crippen LogP contribution is -2.21. The molecule has 1 aliphatic heterocycles. The molecule has 0 spiro atoms. The van der Waals surface area contributed by atoms with Crippen molar-refractivity contribution in [3.63, 3.8) is 0 Å². The van der Waals surface area contributed by atoms with Gasteiger partial charge >= 0.3 is 0 Å². The largest absolute Gasteiger partial charge is 0.372 e. The molecule has 1 aromatic rings. The molecule has 0 N–H and O–H groups in total. The monoisotopic (exact) mass is 270 g/mol. The third-order valence-corrected chi connectivity index (χ3v) is 4.00. The lowest BCUT2D eigenvalue weighted by molar-refractivity contribution is -0.0202. The lowest BCUT2D eigenvalue weighted by Gasteiger charge is -2.22. The minimum absolute atomic E-state index is 0.00960. The van der Waals surface area contributed by atoms with Crippen LogP contribution in [0.3, 0.4) is 0 Å². The summed E-state index contributed by atoms with van der Waals surface area (Å²) in [6.07, 6.45) is 3.37. The van der Waals surface area contributed by atoms with Crippen LogP contribution in [0.5, 0.6) is 0 Å². The Bertz CT molecular complexity index is 388. The average Bonchev–Trinajstić information content (AvgIpc) is 2.67. The smallest absolute Gasteiger partial charge is 0.123 e. The van der Waals surface area contributed by atoms with E-state index in [2.05, 4.69) is 13.8 Å². The molecule has 2 unspecified atom stereocenters. The van der Waals surface area contributed by atoms with Gasteiger partial charge in [0.2, 0.25) is 0 Å². The van der Waals surface area contributed by atoms with Crippen LogP contribution >= 0.6 is 11.6 Å². The van der Waals surface area contributed by atoms with Gasteiger partial charge in [0, 0.05) is 5.88 Å². The maximum Gasteiger partial charge on any atom is 0.123 e. The number of hydrogen-bond acceptors (Lipinski definition) is 1. The summed E-state index contributed by atoms with van der Waals surface area (Å²) in [5.41, 5.74) is 1.09. The van der Waals surface area contributed by atoms with Crippen LogP contribution in [0, 0.1) is 5.82 Å². The standard InChI is InChI=1S/C15H20ClFO/c1-15(2)8-7-14(18-15)9-12(10-16)11-3-5-13(17)6-4-11/h3-6,12,14H,7-10H2,1-2H3. The van der Waals surface area contributed by atoms with Crippen molar-refractivity contribution in [1.82, 2.24) is 0 Å². The summed E-state index contributed by atoms with van der Waals surface area (Å²) >= 11 is 6.04. The molecule has 0 saturated carbocycles. The summed E-state index contributed by atoms with van der Waals surface area (Å²) in [5, 5.41) is 0. The van der Waals surface area contributed by atoms with Gasteiger partial charge in [-0.05, 0) is 56.7 Å². The Balaban J connectivity index is 2.00. The Morgan fingerprint density at radius 1 is 1.39 bits per heavy atom. The molecule has 1 nitrogen and oxygen atoms in total. The van der Waals surface area contributed by atoms with Crippen LogP contribution in [0.25, 0.3) is 0 Å². The van der Waals surface area contributed by atoms with Crippen molar-refractivity contribution in [3.8, 4) is 0 Å². The van der Waals surface area contributed by atoms with E-state index in [1.807, 2.05) is 12.1 Å².